The van der Waals surface area contributed by atoms with Crippen molar-refractivity contribution in [2.24, 2.45) is 9.98 Å². The van der Waals surface area contributed by atoms with Crippen molar-refractivity contribution in [2.45, 2.75) is 59.4 Å². The van der Waals surface area contributed by atoms with Gasteiger partial charge in [0.1, 0.15) is 11.7 Å². The Kier molecular flexibility index (Phi) is 10.2. The molecule has 0 bridgehead atoms. The van der Waals surface area contributed by atoms with E-state index in [1.807, 2.05) is 32.1 Å². The first-order chi connectivity index (χ1) is 15.0. The molecule has 0 saturated heterocycles. The van der Waals surface area contributed by atoms with Crippen molar-refractivity contribution in [3.8, 4) is 0 Å². The summed E-state index contributed by atoms with van der Waals surface area (Å²) in [6, 6.07) is 7.60. The smallest absolute Gasteiger partial charge is 0.132 e. The number of hydrogen-bond acceptors (Lipinski definition) is 3. The zero-order valence-corrected chi connectivity index (χ0v) is 19.5. The van der Waals surface area contributed by atoms with Gasteiger partial charge in [0.05, 0.1) is 18.0 Å². The van der Waals surface area contributed by atoms with Gasteiger partial charge in [-0.1, -0.05) is 38.6 Å². The number of hydrogen-bond donors (Lipinski definition) is 1. The van der Waals surface area contributed by atoms with Gasteiger partial charge in [-0.2, -0.15) is 0 Å². The molecule has 0 spiro atoms. The van der Waals surface area contributed by atoms with Crippen LogP contribution in [0.5, 0.6) is 0 Å². The molecule has 4 nitrogen and oxygen atoms in total. The third kappa shape index (κ3) is 7.82. The van der Waals surface area contributed by atoms with Gasteiger partial charge >= 0.3 is 0 Å². The summed E-state index contributed by atoms with van der Waals surface area (Å²) in [5.41, 5.74) is 2.98. The van der Waals surface area contributed by atoms with E-state index in [0.717, 1.165) is 49.1 Å². The van der Waals surface area contributed by atoms with Gasteiger partial charge in [0.25, 0.3) is 0 Å². The lowest BCUT2D eigenvalue weighted by molar-refractivity contribution is 0.415. The lowest BCUT2D eigenvalue weighted by Gasteiger charge is -2.24. The maximum Gasteiger partial charge on any atom is 0.132 e. The predicted molar refractivity (Wildman–Crippen MR) is 132 cm³/mol. The fourth-order valence-electron chi connectivity index (χ4n) is 3.36. The van der Waals surface area contributed by atoms with E-state index in [-0.39, 0.29) is 5.82 Å². The highest BCUT2D eigenvalue weighted by molar-refractivity contribution is 6.14. The first-order valence-corrected chi connectivity index (χ1v) is 11.4. The molecule has 1 saturated carbocycles. The van der Waals surface area contributed by atoms with Crippen molar-refractivity contribution < 1.29 is 4.39 Å². The van der Waals surface area contributed by atoms with E-state index < -0.39 is 0 Å². The maximum atomic E-state index is 14.5. The molecule has 5 heteroatoms. The number of rotatable bonds is 9. The molecule has 0 aromatic heterocycles. The number of halogens is 1. The van der Waals surface area contributed by atoms with Gasteiger partial charge < -0.3 is 10.2 Å². The van der Waals surface area contributed by atoms with Crippen molar-refractivity contribution in [1.29, 1.82) is 0 Å². The van der Waals surface area contributed by atoms with Crippen molar-refractivity contribution in [2.75, 3.05) is 19.6 Å². The Morgan fingerprint density at radius 1 is 1.23 bits per heavy atom. The van der Waals surface area contributed by atoms with E-state index in [9.17, 15) is 4.39 Å². The molecule has 1 aliphatic carbocycles. The van der Waals surface area contributed by atoms with Crippen LogP contribution in [0.2, 0.25) is 0 Å². The largest absolute Gasteiger partial charge is 0.389 e. The third-order valence-corrected chi connectivity index (χ3v) is 5.16. The molecule has 0 radical (unpaired) electrons. The molecule has 1 N–H and O–H groups in total. The summed E-state index contributed by atoms with van der Waals surface area (Å²) in [5.74, 6) is 0.664. The van der Waals surface area contributed by atoms with Crippen LogP contribution in [0, 0.1) is 5.82 Å². The first-order valence-electron chi connectivity index (χ1n) is 11.4. The average Bonchev–Trinajstić information content (AvgIpc) is 3.41. The summed E-state index contributed by atoms with van der Waals surface area (Å²) >= 11 is 0. The van der Waals surface area contributed by atoms with Crippen LogP contribution in [0.15, 0.2) is 64.8 Å². The SMILES string of the molecule is C=CNC1CC1.CCCN(CCC)C(C)=N/C(=C(\C)C1=NCC=C1)c1ccccc1F. The van der Waals surface area contributed by atoms with E-state index >= 15 is 0 Å². The van der Waals surface area contributed by atoms with Gasteiger partial charge in [0.15, 0.2) is 0 Å². The highest BCUT2D eigenvalue weighted by Gasteiger charge is 2.18. The first kappa shape index (κ1) is 24.6. The second-order valence-corrected chi connectivity index (χ2v) is 7.87. The monoisotopic (exact) mass is 424 g/mol. The van der Waals surface area contributed by atoms with Crippen LogP contribution in [0.4, 0.5) is 4.39 Å². The Labute approximate surface area is 187 Å². The fourth-order valence-corrected chi connectivity index (χ4v) is 3.36. The van der Waals surface area contributed by atoms with Crippen molar-refractivity contribution >= 4 is 17.2 Å². The van der Waals surface area contributed by atoms with Gasteiger partial charge in [0.2, 0.25) is 0 Å². The Morgan fingerprint density at radius 2 is 1.90 bits per heavy atom. The number of aliphatic imine (C=N–C) groups is 2. The quantitative estimate of drug-likeness (QED) is 0.391. The minimum Gasteiger partial charge on any atom is -0.389 e. The summed E-state index contributed by atoms with van der Waals surface area (Å²) in [6.07, 6.45) is 10.5. The van der Waals surface area contributed by atoms with Gasteiger partial charge in [-0.3, -0.25) is 4.99 Å². The van der Waals surface area contributed by atoms with Crippen LogP contribution in [0.3, 0.4) is 0 Å². The van der Waals surface area contributed by atoms with Crippen molar-refractivity contribution in [3.05, 3.63) is 66.2 Å². The van der Waals surface area contributed by atoms with Gasteiger partial charge in [0, 0.05) is 30.3 Å². The van der Waals surface area contributed by atoms with Gasteiger partial charge in [-0.25, -0.2) is 9.38 Å². The number of benzene rings is 1. The third-order valence-electron chi connectivity index (χ3n) is 5.16. The molecule has 2 aliphatic rings. The van der Waals surface area contributed by atoms with Crippen LogP contribution < -0.4 is 5.32 Å². The van der Waals surface area contributed by atoms with Crippen LogP contribution >= 0.6 is 0 Å². The summed E-state index contributed by atoms with van der Waals surface area (Å²) in [7, 11) is 0. The van der Waals surface area contributed by atoms with E-state index in [1.165, 1.54) is 18.9 Å². The van der Waals surface area contributed by atoms with Gasteiger partial charge in [-0.15, -0.1) is 0 Å². The fraction of sp³-hybridized carbons (Fsp3) is 0.462. The number of allylic oxidation sites excluding steroid dienone is 2. The molecule has 0 atom stereocenters. The molecular formula is C26H37FN4. The lowest BCUT2D eigenvalue weighted by Crippen LogP contribution is -2.30. The number of nitrogens with zero attached hydrogens (tertiary/aromatic N) is 3. The standard InChI is InChI=1S/C21H28FN3.C5H9N/c1-5-14-25(15-6-2)17(4)24-21(16(3)20-12-9-13-23-20)18-10-7-8-11-19(18)22;1-2-6-5-3-4-5/h7-12H,5-6,13-15H2,1-4H3;2,5-6H,1,3-4H2/b21-16+,24-17?;. The zero-order chi connectivity index (χ0) is 22.6. The molecule has 1 fully saturated rings. The summed E-state index contributed by atoms with van der Waals surface area (Å²) in [5, 5.41) is 3.08. The van der Waals surface area contributed by atoms with Crippen molar-refractivity contribution in [1.82, 2.24) is 10.2 Å². The van der Waals surface area contributed by atoms with Crippen LogP contribution in [0.1, 0.15) is 58.9 Å². The summed E-state index contributed by atoms with van der Waals surface area (Å²) in [4.78, 5) is 11.6. The topological polar surface area (TPSA) is 40.0 Å². The zero-order valence-electron chi connectivity index (χ0n) is 19.5. The molecule has 0 amide bonds. The van der Waals surface area contributed by atoms with E-state index in [0.29, 0.717) is 17.8 Å². The molecule has 1 aromatic rings. The molecule has 1 heterocycles. The molecule has 3 rings (SSSR count). The lowest BCUT2D eigenvalue weighted by atomic mass is 10.0. The minimum atomic E-state index is -0.256. The second kappa shape index (κ2) is 12.9. The van der Waals surface area contributed by atoms with Crippen LogP contribution in [-0.4, -0.2) is 42.1 Å². The average molecular weight is 425 g/mol. The summed E-state index contributed by atoms with van der Waals surface area (Å²) < 4.78 is 14.5. The molecule has 0 unspecified atom stereocenters. The molecule has 1 aliphatic heterocycles. The number of amidine groups is 1. The predicted octanol–water partition coefficient (Wildman–Crippen LogP) is 5.99. The molecular weight excluding hydrogens is 387 g/mol. The van der Waals surface area contributed by atoms with E-state index in [1.54, 1.807) is 18.3 Å². The highest BCUT2D eigenvalue weighted by atomic mass is 19.1. The van der Waals surface area contributed by atoms with E-state index in [4.69, 9.17) is 4.99 Å². The molecule has 168 valence electrons. The normalized spacial score (nSPS) is 16.2. The maximum absolute atomic E-state index is 14.5. The highest BCUT2D eigenvalue weighted by Crippen LogP contribution is 2.26. The van der Waals surface area contributed by atoms with Crippen LogP contribution in [-0.2, 0) is 0 Å². The Bertz CT molecular complexity index is 841. The Morgan fingerprint density at radius 3 is 2.39 bits per heavy atom. The molecule has 31 heavy (non-hydrogen) atoms. The van der Waals surface area contributed by atoms with Gasteiger partial charge in [-0.05, 0) is 63.9 Å². The Balaban J connectivity index is 0.000000488. The second-order valence-electron chi connectivity index (χ2n) is 7.87. The van der Waals surface area contributed by atoms with E-state index in [2.05, 4.69) is 35.6 Å². The minimum absolute atomic E-state index is 0.256. The Hall–Kier alpha value is -2.69. The number of nitrogens with one attached hydrogen (secondary N) is 1. The summed E-state index contributed by atoms with van der Waals surface area (Å²) in [6.45, 7) is 14.4. The van der Waals surface area contributed by atoms with Crippen LogP contribution in [0.25, 0.3) is 5.70 Å². The molecule has 1 aromatic carbocycles. The van der Waals surface area contributed by atoms with Crippen molar-refractivity contribution in [3.63, 3.8) is 0 Å².